The van der Waals surface area contributed by atoms with Gasteiger partial charge in [-0.3, -0.25) is 4.79 Å². The van der Waals surface area contributed by atoms with Gasteiger partial charge >= 0.3 is 0 Å². The summed E-state index contributed by atoms with van der Waals surface area (Å²) in [6, 6.07) is 7.74. The fourth-order valence-electron chi connectivity index (χ4n) is 3.31. The first-order valence-corrected chi connectivity index (χ1v) is 8.34. The van der Waals surface area contributed by atoms with Crippen LogP contribution in [-0.4, -0.2) is 35.4 Å². The molecule has 1 heterocycles. The Hall–Kier alpha value is -2.05. The van der Waals surface area contributed by atoms with E-state index < -0.39 is 0 Å². The maximum Gasteiger partial charge on any atom is 0.272 e. The summed E-state index contributed by atoms with van der Waals surface area (Å²) in [6.45, 7) is 2.62. The van der Waals surface area contributed by atoms with E-state index in [0.29, 0.717) is 18.2 Å². The summed E-state index contributed by atoms with van der Waals surface area (Å²) < 4.78 is 7.06. The molecule has 2 atom stereocenters. The van der Waals surface area contributed by atoms with Gasteiger partial charge in [-0.25, -0.2) is 4.68 Å². The predicted octanol–water partition coefficient (Wildman–Crippen LogP) is 2.47. The second kappa shape index (κ2) is 8.36. The monoisotopic (exact) mass is 364 g/mol. The van der Waals surface area contributed by atoms with E-state index in [1.54, 1.807) is 24.1 Å². The van der Waals surface area contributed by atoms with Crippen molar-refractivity contribution in [2.45, 2.75) is 32.2 Å². The number of hydrogen-bond acceptors (Lipinski definition) is 4. The first-order valence-electron chi connectivity index (χ1n) is 8.34. The number of aromatic nitrogens is 2. The molecule has 0 radical (unpaired) electrons. The molecule has 25 heavy (non-hydrogen) atoms. The average Bonchev–Trinajstić information content (AvgIpc) is 3.23. The van der Waals surface area contributed by atoms with E-state index >= 15 is 0 Å². The molecule has 1 aromatic heterocycles. The molecule has 1 amide bonds. The van der Waals surface area contributed by atoms with Crippen molar-refractivity contribution in [2.24, 2.45) is 11.7 Å². The molecule has 1 fully saturated rings. The van der Waals surface area contributed by atoms with Crippen LogP contribution in [0, 0.1) is 12.8 Å². The SMILES string of the molecule is COc1ccc(C)cc1-n1ccc(C(=O)NC2CCCC2CN)n1.Cl. The largest absolute Gasteiger partial charge is 0.494 e. The van der Waals surface area contributed by atoms with Crippen molar-refractivity contribution in [3.8, 4) is 11.4 Å². The lowest BCUT2D eigenvalue weighted by molar-refractivity contribution is 0.0923. The number of nitrogens with two attached hydrogens (primary N) is 1. The number of aryl methyl sites for hydroxylation is 1. The molecular formula is C18H25ClN4O2. The minimum absolute atomic E-state index is 0. The molecule has 0 spiro atoms. The molecular weight excluding hydrogens is 340 g/mol. The molecule has 3 rings (SSSR count). The van der Waals surface area contributed by atoms with Gasteiger partial charge in [-0.1, -0.05) is 12.5 Å². The summed E-state index contributed by atoms with van der Waals surface area (Å²) in [7, 11) is 1.62. The molecule has 1 aliphatic carbocycles. The lowest BCUT2D eigenvalue weighted by Gasteiger charge is -2.18. The highest BCUT2D eigenvalue weighted by Gasteiger charge is 2.28. The van der Waals surface area contributed by atoms with E-state index in [0.717, 1.165) is 36.3 Å². The van der Waals surface area contributed by atoms with Crippen molar-refractivity contribution >= 4 is 18.3 Å². The number of rotatable bonds is 5. The van der Waals surface area contributed by atoms with Gasteiger partial charge in [0.15, 0.2) is 5.69 Å². The van der Waals surface area contributed by atoms with Gasteiger partial charge in [0.05, 0.1) is 7.11 Å². The Labute approximate surface area is 154 Å². The first kappa shape index (κ1) is 19.3. The number of carbonyl (C=O) groups excluding carboxylic acids is 1. The maximum absolute atomic E-state index is 12.5. The standard InChI is InChI=1S/C18H24N4O2.ClH/c1-12-6-7-17(24-2)16(10-12)22-9-8-15(21-22)18(23)20-14-5-3-4-13(14)11-19;/h6-10,13-14H,3-5,11,19H2,1-2H3,(H,20,23);1H. The van der Waals surface area contributed by atoms with Crippen molar-refractivity contribution in [2.75, 3.05) is 13.7 Å². The molecule has 0 aliphatic heterocycles. The van der Waals surface area contributed by atoms with Crippen molar-refractivity contribution in [3.05, 3.63) is 41.7 Å². The normalized spacial score (nSPS) is 19.3. The van der Waals surface area contributed by atoms with Crippen LogP contribution in [0.2, 0.25) is 0 Å². The highest BCUT2D eigenvalue weighted by atomic mass is 35.5. The van der Waals surface area contributed by atoms with E-state index in [4.69, 9.17) is 10.5 Å². The van der Waals surface area contributed by atoms with Crippen molar-refractivity contribution in [1.82, 2.24) is 15.1 Å². The van der Waals surface area contributed by atoms with E-state index in [1.165, 1.54) is 0 Å². The van der Waals surface area contributed by atoms with Crippen LogP contribution >= 0.6 is 12.4 Å². The molecule has 1 saturated carbocycles. The van der Waals surface area contributed by atoms with E-state index in [9.17, 15) is 4.79 Å². The highest BCUT2D eigenvalue weighted by Crippen LogP contribution is 2.25. The van der Waals surface area contributed by atoms with Crippen molar-refractivity contribution in [1.29, 1.82) is 0 Å². The lowest BCUT2D eigenvalue weighted by atomic mass is 10.0. The zero-order valence-corrected chi connectivity index (χ0v) is 15.4. The Morgan fingerprint density at radius 3 is 2.92 bits per heavy atom. The minimum Gasteiger partial charge on any atom is -0.494 e. The minimum atomic E-state index is -0.147. The summed E-state index contributed by atoms with van der Waals surface area (Å²) in [5, 5.41) is 7.49. The van der Waals surface area contributed by atoms with Crippen molar-refractivity contribution < 1.29 is 9.53 Å². The fraction of sp³-hybridized carbons (Fsp3) is 0.444. The Morgan fingerprint density at radius 2 is 2.20 bits per heavy atom. The van der Waals surface area contributed by atoms with Crippen LogP contribution in [0.5, 0.6) is 5.75 Å². The quantitative estimate of drug-likeness (QED) is 0.853. The molecule has 0 bridgehead atoms. The van der Waals surface area contributed by atoms with Crippen LogP contribution in [0.25, 0.3) is 5.69 Å². The van der Waals surface area contributed by atoms with Gasteiger partial charge in [0.2, 0.25) is 0 Å². The third kappa shape index (κ3) is 4.14. The highest BCUT2D eigenvalue weighted by molar-refractivity contribution is 5.92. The Morgan fingerprint density at radius 1 is 1.40 bits per heavy atom. The predicted molar refractivity (Wildman–Crippen MR) is 99.8 cm³/mol. The Kier molecular flexibility index (Phi) is 6.45. The van der Waals surface area contributed by atoms with E-state index in [-0.39, 0.29) is 24.4 Å². The summed E-state index contributed by atoms with van der Waals surface area (Å²) >= 11 is 0. The van der Waals surface area contributed by atoms with Gasteiger partial charge in [-0.15, -0.1) is 12.4 Å². The summed E-state index contributed by atoms with van der Waals surface area (Å²) in [6.07, 6.45) is 4.96. The van der Waals surface area contributed by atoms with E-state index in [1.807, 2.05) is 25.1 Å². The van der Waals surface area contributed by atoms with Crippen LogP contribution in [0.1, 0.15) is 35.3 Å². The number of halogens is 1. The van der Waals surface area contributed by atoms with Gasteiger partial charge < -0.3 is 15.8 Å². The Balaban J connectivity index is 0.00000225. The van der Waals surface area contributed by atoms with Crippen LogP contribution < -0.4 is 15.8 Å². The lowest BCUT2D eigenvalue weighted by Crippen LogP contribution is -2.40. The summed E-state index contributed by atoms with van der Waals surface area (Å²) in [5.74, 6) is 0.938. The molecule has 1 aliphatic rings. The topological polar surface area (TPSA) is 82.2 Å². The number of amides is 1. The third-order valence-electron chi connectivity index (χ3n) is 4.68. The molecule has 1 aromatic carbocycles. The van der Waals surface area contributed by atoms with Gasteiger partial charge in [-0.2, -0.15) is 5.10 Å². The average molecular weight is 365 g/mol. The van der Waals surface area contributed by atoms with Crippen LogP contribution in [0.3, 0.4) is 0 Å². The molecule has 3 N–H and O–H groups in total. The summed E-state index contributed by atoms with van der Waals surface area (Å²) in [5.41, 5.74) is 8.10. The van der Waals surface area contributed by atoms with Crippen LogP contribution in [-0.2, 0) is 0 Å². The summed E-state index contributed by atoms with van der Waals surface area (Å²) in [4.78, 5) is 12.5. The number of methoxy groups -OCH3 is 1. The van der Waals surface area contributed by atoms with Gasteiger partial charge in [0, 0.05) is 12.2 Å². The maximum atomic E-state index is 12.5. The number of ether oxygens (including phenoxy) is 1. The molecule has 0 saturated heterocycles. The Bertz CT molecular complexity index is 732. The number of carbonyl (C=O) groups is 1. The molecule has 136 valence electrons. The zero-order chi connectivity index (χ0) is 17.1. The van der Waals surface area contributed by atoms with Gasteiger partial charge in [0.1, 0.15) is 11.4 Å². The number of benzene rings is 1. The van der Waals surface area contributed by atoms with Crippen LogP contribution in [0.4, 0.5) is 0 Å². The third-order valence-corrected chi connectivity index (χ3v) is 4.68. The second-order valence-electron chi connectivity index (χ2n) is 6.33. The number of hydrogen-bond donors (Lipinski definition) is 2. The molecule has 2 unspecified atom stereocenters. The number of nitrogens with zero attached hydrogens (tertiary/aromatic N) is 2. The number of nitrogens with one attached hydrogen (secondary N) is 1. The van der Waals surface area contributed by atoms with Gasteiger partial charge in [0.25, 0.3) is 5.91 Å². The van der Waals surface area contributed by atoms with E-state index in [2.05, 4.69) is 10.4 Å². The van der Waals surface area contributed by atoms with Crippen molar-refractivity contribution in [3.63, 3.8) is 0 Å². The van der Waals surface area contributed by atoms with Gasteiger partial charge in [-0.05, 0) is 56.0 Å². The fourth-order valence-corrected chi connectivity index (χ4v) is 3.31. The molecule has 6 nitrogen and oxygen atoms in total. The first-order chi connectivity index (χ1) is 11.6. The zero-order valence-electron chi connectivity index (χ0n) is 14.6. The molecule has 2 aromatic rings. The smallest absolute Gasteiger partial charge is 0.272 e. The van der Waals surface area contributed by atoms with Crippen LogP contribution in [0.15, 0.2) is 30.5 Å². The second-order valence-corrected chi connectivity index (χ2v) is 6.33. The molecule has 7 heteroatoms.